The predicted molar refractivity (Wildman–Crippen MR) is 153 cm³/mol. The number of anilines is 1. The lowest BCUT2D eigenvalue weighted by atomic mass is 9.90. The van der Waals surface area contributed by atoms with Crippen LogP contribution in [0.1, 0.15) is 48.2 Å². The Bertz CT molecular complexity index is 1420. The first-order chi connectivity index (χ1) is 18.9. The number of ketones is 1. The number of rotatable bonds is 10. The Balaban J connectivity index is 1.26. The van der Waals surface area contributed by atoms with E-state index in [4.69, 9.17) is 4.98 Å². The fraction of sp³-hybridized carbons (Fsp3) is 0.355. The fourth-order valence-corrected chi connectivity index (χ4v) is 5.16. The number of carbonyl (C=O) groups excluding carboxylic acids is 2. The quantitative estimate of drug-likeness (QED) is 0.310. The summed E-state index contributed by atoms with van der Waals surface area (Å²) in [5, 5.41) is 7.24. The first-order valence-corrected chi connectivity index (χ1v) is 13.7. The van der Waals surface area contributed by atoms with Gasteiger partial charge in [-0.3, -0.25) is 24.2 Å². The molecular weight excluding hydrogens is 488 g/mol. The zero-order valence-electron chi connectivity index (χ0n) is 22.7. The van der Waals surface area contributed by atoms with Gasteiger partial charge in [0.1, 0.15) is 5.78 Å². The van der Waals surface area contributed by atoms with Crippen LogP contribution in [0.25, 0.3) is 16.8 Å². The lowest BCUT2D eigenvalue weighted by Gasteiger charge is -2.28. The molecule has 0 spiro atoms. The zero-order valence-corrected chi connectivity index (χ0v) is 22.7. The molecule has 0 unspecified atom stereocenters. The summed E-state index contributed by atoms with van der Waals surface area (Å²) in [6.45, 7) is 2.16. The summed E-state index contributed by atoms with van der Waals surface area (Å²) in [6, 6.07) is 17.3. The molecule has 0 atom stereocenters. The molecule has 8 heteroatoms. The van der Waals surface area contributed by atoms with Gasteiger partial charge in [0.05, 0.1) is 11.9 Å². The maximum atomic E-state index is 13.3. The largest absolute Gasteiger partial charge is 0.306 e. The molecule has 39 heavy (non-hydrogen) atoms. The fourth-order valence-electron chi connectivity index (χ4n) is 5.16. The molecule has 1 aliphatic heterocycles. The van der Waals surface area contributed by atoms with Crippen LogP contribution in [0.2, 0.25) is 0 Å². The second-order valence-corrected chi connectivity index (χ2v) is 10.5. The van der Waals surface area contributed by atoms with Crippen LogP contribution in [0.3, 0.4) is 0 Å². The van der Waals surface area contributed by atoms with E-state index in [1.807, 2.05) is 72.5 Å². The summed E-state index contributed by atoms with van der Waals surface area (Å²) < 4.78 is 3.64. The van der Waals surface area contributed by atoms with Gasteiger partial charge in [-0.1, -0.05) is 30.3 Å². The lowest BCUT2D eigenvalue weighted by Crippen LogP contribution is -2.31. The van der Waals surface area contributed by atoms with Crippen molar-refractivity contribution in [3.8, 4) is 16.8 Å². The van der Waals surface area contributed by atoms with Crippen molar-refractivity contribution in [1.82, 2.24) is 24.2 Å². The summed E-state index contributed by atoms with van der Waals surface area (Å²) in [5.74, 6) is 1.09. The van der Waals surface area contributed by atoms with E-state index in [-0.39, 0.29) is 5.91 Å². The van der Waals surface area contributed by atoms with Crippen LogP contribution in [0.4, 0.5) is 5.95 Å². The number of carbonyl (C=O) groups is 2. The summed E-state index contributed by atoms with van der Waals surface area (Å²) >= 11 is 0. The van der Waals surface area contributed by atoms with E-state index in [1.54, 1.807) is 16.9 Å². The van der Waals surface area contributed by atoms with Gasteiger partial charge in [-0.05, 0) is 81.6 Å². The molecule has 0 saturated carbocycles. The monoisotopic (exact) mass is 524 g/mol. The number of para-hydroxylation sites is 1. The Morgan fingerprint density at radius 3 is 2.51 bits per heavy atom. The Labute approximate surface area is 229 Å². The van der Waals surface area contributed by atoms with Gasteiger partial charge in [0.15, 0.2) is 0 Å². The van der Waals surface area contributed by atoms with E-state index in [2.05, 4.69) is 22.4 Å². The average molecular weight is 525 g/mol. The lowest BCUT2D eigenvalue weighted by molar-refractivity contribution is -0.120. The van der Waals surface area contributed by atoms with Crippen LogP contribution in [-0.2, 0) is 18.3 Å². The van der Waals surface area contributed by atoms with Crippen molar-refractivity contribution < 1.29 is 9.59 Å². The Hall–Kier alpha value is -4.04. The third kappa shape index (κ3) is 6.89. The number of benzene rings is 2. The van der Waals surface area contributed by atoms with Gasteiger partial charge in [0, 0.05) is 49.1 Å². The summed E-state index contributed by atoms with van der Waals surface area (Å²) in [5.41, 5.74) is 4.18. The topological polar surface area (TPSA) is 85.0 Å². The summed E-state index contributed by atoms with van der Waals surface area (Å²) in [4.78, 5) is 33.0. The van der Waals surface area contributed by atoms with Crippen LogP contribution >= 0.6 is 0 Å². The number of aromatic nitrogens is 4. The highest BCUT2D eigenvalue weighted by Crippen LogP contribution is 2.23. The Morgan fingerprint density at radius 2 is 1.77 bits per heavy atom. The first kappa shape index (κ1) is 26.6. The summed E-state index contributed by atoms with van der Waals surface area (Å²) in [7, 11) is 4.01. The van der Waals surface area contributed by atoms with Crippen LogP contribution < -0.4 is 5.32 Å². The van der Waals surface area contributed by atoms with Crippen molar-refractivity contribution in [3.63, 3.8) is 0 Å². The Kier molecular flexibility index (Phi) is 8.32. The van der Waals surface area contributed by atoms with E-state index in [0.717, 1.165) is 54.9 Å². The molecule has 4 aromatic rings. The highest BCUT2D eigenvalue weighted by molar-refractivity contribution is 6.04. The molecule has 202 valence electrons. The van der Waals surface area contributed by atoms with Gasteiger partial charge in [-0.25, -0.2) is 4.98 Å². The molecule has 0 aliphatic carbocycles. The highest BCUT2D eigenvalue weighted by Gasteiger charge is 2.20. The predicted octanol–water partition coefficient (Wildman–Crippen LogP) is 5.15. The van der Waals surface area contributed by atoms with E-state index in [1.165, 1.54) is 0 Å². The van der Waals surface area contributed by atoms with Crippen LogP contribution in [0.15, 0.2) is 73.2 Å². The molecular formula is C31H36N6O2. The SMILES string of the molecule is CN1CCC(CC(=O)CCCc2cn(-c3ccccc3)c(NC(=O)c3cccc(-c4cnn(C)c4)c3)n2)CC1. The molecule has 1 amide bonds. The van der Waals surface area contributed by atoms with Crippen LogP contribution in [-0.4, -0.2) is 56.1 Å². The molecule has 3 heterocycles. The van der Waals surface area contributed by atoms with E-state index in [0.29, 0.717) is 42.5 Å². The smallest absolute Gasteiger partial charge is 0.258 e. The molecule has 5 rings (SSSR count). The van der Waals surface area contributed by atoms with Crippen molar-refractivity contribution in [2.75, 3.05) is 25.5 Å². The van der Waals surface area contributed by atoms with Crippen molar-refractivity contribution in [2.45, 2.75) is 38.5 Å². The minimum Gasteiger partial charge on any atom is -0.306 e. The minimum absolute atomic E-state index is 0.233. The van der Waals surface area contributed by atoms with Gasteiger partial charge in [0.2, 0.25) is 5.95 Å². The normalized spacial score (nSPS) is 14.4. The number of nitrogens with one attached hydrogen (secondary N) is 1. The standard InChI is InChI=1S/C31H36N6O2/c1-35-16-14-23(15-17-35)18-29(38)13-7-10-27-22-37(28-11-4-3-5-12-28)31(33-27)34-30(39)25-9-6-8-24(19-25)26-20-32-36(2)21-26/h3-6,8-9,11-12,19-23H,7,10,13-18H2,1-2H3,(H,33,34,39). The minimum atomic E-state index is -0.233. The van der Waals surface area contributed by atoms with Gasteiger partial charge >= 0.3 is 0 Å². The van der Waals surface area contributed by atoms with Crippen LogP contribution in [0, 0.1) is 5.92 Å². The molecule has 2 aromatic carbocycles. The molecule has 0 radical (unpaired) electrons. The third-order valence-corrected chi connectivity index (χ3v) is 7.42. The average Bonchev–Trinajstić information content (AvgIpc) is 3.56. The van der Waals surface area contributed by atoms with Crippen molar-refractivity contribution in [2.24, 2.45) is 13.0 Å². The van der Waals surface area contributed by atoms with Crippen LogP contribution in [0.5, 0.6) is 0 Å². The second kappa shape index (κ2) is 12.2. The van der Waals surface area contributed by atoms with E-state index in [9.17, 15) is 9.59 Å². The maximum Gasteiger partial charge on any atom is 0.258 e. The number of aryl methyl sites for hydroxylation is 2. The number of hydrogen-bond donors (Lipinski definition) is 1. The molecule has 1 aliphatic rings. The number of amides is 1. The van der Waals surface area contributed by atoms with Crippen molar-refractivity contribution >= 4 is 17.6 Å². The number of hydrogen-bond acceptors (Lipinski definition) is 5. The summed E-state index contributed by atoms with van der Waals surface area (Å²) in [6.07, 6.45) is 10.6. The van der Waals surface area contributed by atoms with Crippen molar-refractivity contribution in [1.29, 1.82) is 0 Å². The van der Waals surface area contributed by atoms with E-state index >= 15 is 0 Å². The second-order valence-electron chi connectivity index (χ2n) is 10.5. The zero-order chi connectivity index (χ0) is 27.2. The number of likely N-dealkylation sites (tertiary alicyclic amines) is 1. The maximum absolute atomic E-state index is 13.3. The Morgan fingerprint density at radius 1 is 0.974 bits per heavy atom. The highest BCUT2D eigenvalue weighted by atomic mass is 16.1. The molecule has 8 nitrogen and oxygen atoms in total. The molecule has 1 fully saturated rings. The first-order valence-electron chi connectivity index (χ1n) is 13.7. The van der Waals surface area contributed by atoms with E-state index < -0.39 is 0 Å². The number of nitrogens with zero attached hydrogens (tertiary/aromatic N) is 5. The number of Topliss-reactive ketones (excluding diaryl/α,β-unsaturated/α-hetero) is 1. The molecule has 1 N–H and O–H groups in total. The van der Waals surface area contributed by atoms with Gasteiger partial charge in [-0.2, -0.15) is 5.10 Å². The van der Waals surface area contributed by atoms with Gasteiger partial charge in [0.25, 0.3) is 5.91 Å². The van der Waals surface area contributed by atoms with Crippen molar-refractivity contribution in [3.05, 3.63) is 84.4 Å². The van der Waals surface area contributed by atoms with Gasteiger partial charge < -0.3 is 4.90 Å². The molecule has 1 saturated heterocycles. The molecule has 2 aromatic heterocycles. The molecule has 0 bridgehead atoms. The van der Waals surface area contributed by atoms with Gasteiger partial charge in [-0.15, -0.1) is 0 Å². The number of piperidine rings is 1. The number of imidazole rings is 1. The third-order valence-electron chi connectivity index (χ3n) is 7.42.